The second kappa shape index (κ2) is 7.10. The highest BCUT2D eigenvalue weighted by atomic mass is 35.5. The zero-order chi connectivity index (χ0) is 14.7. The highest BCUT2D eigenvalue weighted by molar-refractivity contribution is 6.30. The molecule has 1 N–H and O–H groups in total. The molecule has 1 aliphatic heterocycles. The second-order valence-electron chi connectivity index (χ2n) is 6.29. The van der Waals surface area contributed by atoms with Gasteiger partial charge in [0.25, 0.3) is 0 Å². The number of rotatable bonds is 6. The Morgan fingerprint density at radius 1 is 1.24 bits per heavy atom. The quantitative estimate of drug-likeness (QED) is 0.872. The van der Waals surface area contributed by atoms with Gasteiger partial charge in [-0.2, -0.15) is 0 Å². The van der Waals surface area contributed by atoms with Crippen molar-refractivity contribution in [1.29, 1.82) is 0 Å². The molecule has 21 heavy (non-hydrogen) atoms. The predicted octanol–water partition coefficient (Wildman–Crippen LogP) is 2.77. The maximum absolute atomic E-state index is 6.10. The van der Waals surface area contributed by atoms with Crippen LogP contribution in [-0.4, -0.2) is 55.6 Å². The molecule has 0 radical (unpaired) electrons. The lowest BCUT2D eigenvalue weighted by Gasteiger charge is -2.35. The monoisotopic (exact) mass is 307 g/mol. The van der Waals surface area contributed by atoms with Gasteiger partial charge >= 0.3 is 0 Å². The van der Waals surface area contributed by atoms with Gasteiger partial charge in [0.2, 0.25) is 0 Å². The van der Waals surface area contributed by atoms with Gasteiger partial charge in [0.05, 0.1) is 0 Å². The molecule has 1 atom stereocenters. The summed E-state index contributed by atoms with van der Waals surface area (Å²) in [6, 6.07) is 9.53. The van der Waals surface area contributed by atoms with Gasteiger partial charge in [-0.05, 0) is 44.0 Å². The molecule has 0 spiro atoms. The SMILES string of the molecule is CNC(CCN1CCN(C2CC2)CC1)c1cccc(Cl)c1. The van der Waals surface area contributed by atoms with Crippen LogP contribution in [0.3, 0.4) is 0 Å². The van der Waals surface area contributed by atoms with Gasteiger partial charge < -0.3 is 10.2 Å². The van der Waals surface area contributed by atoms with E-state index in [1.54, 1.807) is 0 Å². The smallest absolute Gasteiger partial charge is 0.0409 e. The van der Waals surface area contributed by atoms with E-state index in [1.807, 2.05) is 19.2 Å². The first kappa shape index (κ1) is 15.3. The second-order valence-corrected chi connectivity index (χ2v) is 6.73. The average Bonchev–Trinajstić information content (AvgIpc) is 3.33. The van der Waals surface area contributed by atoms with E-state index in [2.05, 4.69) is 27.2 Å². The zero-order valence-electron chi connectivity index (χ0n) is 12.9. The standard InChI is InChI=1S/C17H26ClN3/c1-19-17(14-3-2-4-15(18)13-14)7-8-20-9-11-21(12-10-20)16-5-6-16/h2-4,13,16-17,19H,5-12H2,1H3. The third kappa shape index (κ3) is 4.19. The lowest BCUT2D eigenvalue weighted by Crippen LogP contribution is -2.47. The van der Waals surface area contributed by atoms with Crippen molar-refractivity contribution in [2.24, 2.45) is 0 Å². The molecule has 1 unspecified atom stereocenters. The normalized spacial score (nSPS) is 22.4. The van der Waals surface area contributed by atoms with E-state index in [1.165, 1.54) is 44.6 Å². The van der Waals surface area contributed by atoms with Crippen LogP contribution in [0.25, 0.3) is 0 Å². The molecule has 1 aliphatic carbocycles. The van der Waals surface area contributed by atoms with Gasteiger partial charge in [-0.3, -0.25) is 4.90 Å². The first-order valence-electron chi connectivity index (χ1n) is 8.15. The fraction of sp³-hybridized carbons (Fsp3) is 0.647. The van der Waals surface area contributed by atoms with Crippen molar-refractivity contribution in [2.45, 2.75) is 31.3 Å². The van der Waals surface area contributed by atoms with E-state index >= 15 is 0 Å². The maximum Gasteiger partial charge on any atom is 0.0409 e. The van der Waals surface area contributed by atoms with Gasteiger partial charge in [-0.1, -0.05) is 23.7 Å². The molecule has 1 aromatic rings. The molecular formula is C17H26ClN3. The van der Waals surface area contributed by atoms with Crippen LogP contribution in [0.4, 0.5) is 0 Å². The summed E-state index contributed by atoms with van der Waals surface area (Å²) >= 11 is 6.10. The highest BCUT2D eigenvalue weighted by Crippen LogP contribution is 2.27. The predicted molar refractivity (Wildman–Crippen MR) is 88.9 cm³/mol. The Hall–Kier alpha value is -0.610. The molecule has 3 rings (SSSR count). The Bertz CT molecular complexity index is 453. The first-order chi connectivity index (χ1) is 10.3. The zero-order valence-corrected chi connectivity index (χ0v) is 13.6. The summed E-state index contributed by atoms with van der Waals surface area (Å²) in [6.07, 6.45) is 3.99. The van der Waals surface area contributed by atoms with Crippen LogP contribution in [0.1, 0.15) is 30.9 Å². The molecule has 2 aliphatic rings. The van der Waals surface area contributed by atoms with Crippen molar-refractivity contribution >= 4 is 11.6 Å². The van der Waals surface area contributed by atoms with Gasteiger partial charge in [0, 0.05) is 49.8 Å². The van der Waals surface area contributed by atoms with Crippen molar-refractivity contribution in [3.8, 4) is 0 Å². The van der Waals surface area contributed by atoms with Crippen LogP contribution in [0.5, 0.6) is 0 Å². The Labute approximate surface area is 133 Å². The summed E-state index contributed by atoms with van der Waals surface area (Å²) in [5.41, 5.74) is 1.29. The summed E-state index contributed by atoms with van der Waals surface area (Å²) in [7, 11) is 2.04. The van der Waals surface area contributed by atoms with Gasteiger partial charge in [0.15, 0.2) is 0 Å². The van der Waals surface area contributed by atoms with Gasteiger partial charge in [-0.25, -0.2) is 0 Å². The van der Waals surface area contributed by atoms with Gasteiger partial charge in [-0.15, -0.1) is 0 Å². The van der Waals surface area contributed by atoms with Crippen LogP contribution in [0.2, 0.25) is 5.02 Å². The third-order valence-corrected chi connectivity index (χ3v) is 5.04. The summed E-state index contributed by atoms with van der Waals surface area (Å²) in [5.74, 6) is 0. The van der Waals surface area contributed by atoms with Crippen LogP contribution in [0.15, 0.2) is 24.3 Å². The van der Waals surface area contributed by atoms with Crippen LogP contribution >= 0.6 is 11.6 Å². The lowest BCUT2D eigenvalue weighted by molar-refractivity contribution is 0.123. The van der Waals surface area contributed by atoms with E-state index in [9.17, 15) is 0 Å². The molecule has 1 heterocycles. The Balaban J connectivity index is 1.47. The molecule has 1 saturated heterocycles. The first-order valence-corrected chi connectivity index (χ1v) is 8.53. The lowest BCUT2D eigenvalue weighted by atomic mass is 10.0. The molecule has 1 saturated carbocycles. The molecule has 116 valence electrons. The van der Waals surface area contributed by atoms with Crippen molar-refractivity contribution in [2.75, 3.05) is 39.8 Å². The molecule has 2 fully saturated rings. The van der Waals surface area contributed by atoms with Gasteiger partial charge in [0.1, 0.15) is 0 Å². The van der Waals surface area contributed by atoms with Crippen molar-refractivity contribution in [3.05, 3.63) is 34.9 Å². The summed E-state index contributed by atoms with van der Waals surface area (Å²) in [4.78, 5) is 5.27. The summed E-state index contributed by atoms with van der Waals surface area (Å²) in [6.45, 7) is 6.12. The molecular weight excluding hydrogens is 282 g/mol. The Kier molecular flexibility index (Phi) is 5.17. The molecule has 0 amide bonds. The summed E-state index contributed by atoms with van der Waals surface area (Å²) in [5, 5.41) is 4.25. The van der Waals surface area contributed by atoms with E-state index < -0.39 is 0 Å². The number of benzene rings is 1. The fourth-order valence-corrected chi connectivity index (χ4v) is 3.50. The van der Waals surface area contributed by atoms with E-state index in [0.717, 1.165) is 24.0 Å². The Morgan fingerprint density at radius 2 is 2.00 bits per heavy atom. The van der Waals surface area contributed by atoms with E-state index in [4.69, 9.17) is 11.6 Å². The average molecular weight is 308 g/mol. The molecule has 4 heteroatoms. The maximum atomic E-state index is 6.10. The number of hydrogen-bond donors (Lipinski definition) is 1. The minimum atomic E-state index is 0.394. The minimum absolute atomic E-state index is 0.394. The van der Waals surface area contributed by atoms with Crippen molar-refractivity contribution in [1.82, 2.24) is 15.1 Å². The summed E-state index contributed by atoms with van der Waals surface area (Å²) < 4.78 is 0. The number of piperazine rings is 1. The number of nitrogens with zero attached hydrogens (tertiary/aromatic N) is 2. The molecule has 0 bridgehead atoms. The number of hydrogen-bond acceptors (Lipinski definition) is 3. The van der Waals surface area contributed by atoms with E-state index in [0.29, 0.717) is 6.04 Å². The van der Waals surface area contributed by atoms with Crippen molar-refractivity contribution < 1.29 is 0 Å². The third-order valence-electron chi connectivity index (χ3n) is 4.80. The van der Waals surface area contributed by atoms with E-state index in [-0.39, 0.29) is 0 Å². The minimum Gasteiger partial charge on any atom is -0.313 e. The fourth-order valence-electron chi connectivity index (χ4n) is 3.30. The van der Waals surface area contributed by atoms with Crippen LogP contribution in [0, 0.1) is 0 Å². The molecule has 3 nitrogen and oxygen atoms in total. The van der Waals surface area contributed by atoms with Crippen LogP contribution < -0.4 is 5.32 Å². The largest absolute Gasteiger partial charge is 0.313 e. The topological polar surface area (TPSA) is 18.5 Å². The number of nitrogens with one attached hydrogen (secondary N) is 1. The molecule has 0 aromatic heterocycles. The highest BCUT2D eigenvalue weighted by Gasteiger charge is 2.31. The number of halogens is 1. The van der Waals surface area contributed by atoms with Crippen LogP contribution in [-0.2, 0) is 0 Å². The molecule has 1 aromatic carbocycles. The van der Waals surface area contributed by atoms with Crippen molar-refractivity contribution in [3.63, 3.8) is 0 Å². The Morgan fingerprint density at radius 3 is 2.62 bits per heavy atom.